The number of nitrogens with zero attached hydrogens (tertiary/aromatic N) is 1. The molecule has 0 aromatic heterocycles. The fraction of sp³-hybridized carbons (Fsp3) is 0.0909. The number of amides is 2. The number of hydrogen-bond donors (Lipinski definition) is 1. The summed E-state index contributed by atoms with van der Waals surface area (Å²) >= 11 is 3.46. The van der Waals surface area contributed by atoms with Crippen LogP contribution in [0.1, 0.15) is 6.42 Å². The minimum atomic E-state index is -3.67. The second kappa shape index (κ2) is 9.01. The molecule has 1 heterocycles. The molecule has 1 aliphatic rings. The zero-order chi connectivity index (χ0) is 22.0. The topological polar surface area (TPSA) is 83.5 Å². The lowest BCUT2D eigenvalue weighted by molar-refractivity contribution is -0.121. The van der Waals surface area contributed by atoms with Crippen LogP contribution in [0.15, 0.2) is 88.7 Å². The highest BCUT2D eigenvalue weighted by Gasteiger charge is 2.40. The van der Waals surface area contributed by atoms with Crippen LogP contribution in [-0.4, -0.2) is 25.5 Å². The molecule has 31 heavy (non-hydrogen) atoms. The van der Waals surface area contributed by atoms with Crippen molar-refractivity contribution in [1.82, 2.24) is 0 Å². The van der Waals surface area contributed by atoms with Crippen molar-refractivity contribution < 1.29 is 18.0 Å². The van der Waals surface area contributed by atoms with Gasteiger partial charge >= 0.3 is 0 Å². The van der Waals surface area contributed by atoms with Gasteiger partial charge in [0.2, 0.25) is 11.8 Å². The van der Waals surface area contributed by atoms with E-state index >= 15 is 0 Å². The first-order valence-corrected chi connectivity index (χ1v) is 12.7. The molecule has 1 atom stereocenters. The largest absolute Gasteiger partial charge is 0.280 e. The highest BCUT2D eigenvalue weighted by Crippen LogP contribution is 2.34. The molecule has 158 valence electrons. The van der Waals surface area contributed by atoms with Gasteiger partial charge in [0.15, 0.2) is 0 Å². The fourth-order valence-corrected chi connectivity index (χ4v) is 5.63. The summed E-state index contributed by atoms with van der Waals surface area (Å²) in [5, 5.41) is -0.515. The molecule has 1 aliphatic heterocycles. The molecule has 1 N–H and O–H groups in total. The number of benzene rings is 3. The van der Waals surface area contributed by atoms with Crippen molar-refractivity contribution >= 4 is 67.6 Å². The van der Waals surface area contributed by atoms with Crippen molar-refractivity contribution in [2.24, 2.45) is 0 Å². The number of rotatable bonds is 6. The molecule has 1 saturated heterocycles. The summed E-state index contributed by atoms with van der Waals surface area (Å²) in [7, 11) is -3.67. The van der Waals surface area contributed by atoms with E-state index in [1.807, 2.05) is 12.1 Å². The maximum absolute atomic E-state index is 12.8. The Morgan fingerprint density at radius 1 is 0.903 bits per heavy atom. The summed E-state index contributed by atoms with van der Waals surface area (Å²) in [4.78, 5) is 27.4. The van der Waals surface area contributed by atoms with Crippen LogP contribution in [0.4, 0.5) is 11.4 Å². The van der Waals surface area contributed by atoms with Crippen LogP contribution in [0.2, 0.25) is 0 Å². The first-order valence-electron chi connectivity index (χ1n) is 9.30. The summed E-state index contributed by atoms with van der Waals surface area (Å²) in [6.45, 7) is 0. The Labute approximate surface area is 198 Å². The number of imide groups is 1. The van der Waals surface area contributed by atoms with E-state index in [1.165, 1.54) is 28.8 Å². The van der Waals surface area contributed by atoms with Crippen LogP contribution in [0.3, 0.4) is 0 Å². The maximum atomic E-state index is 12.8. The van der Waals surface area contributed by atoms with Gasteiger partial charge < -0.3 is 0 Å². The van der Waals surface area contributed by atoms with Gasteiger partial charge in [-0.3, -0.25) is 14.3 Å². The molecule has 1 fully saturated rings. The lowest BCUT2D eigenvalue weighted by atomic mass is 10.3. The summed E-state index contributed by atoms with van der Waals surface area (Å²) in [6.07, 6.45) is 0.123. The monoisotopic (exact) mass is 564 g/mol. The molecule has 6 nitrogen and oxygen atoms in total. The molecular weight excluding hydrogens is 547 g/mol. The third-order valence-corrected chi connectivity index (χ3v) is 7.94. The first-order chi connectivity index (χ1) is 14.8. The third kappa shape index (κ3) is 4.94. The smallest absolute Gasteiger partial charge is 0.261 e. The predicted octanol–water partition coefficient (Wildman–Crippen LogP) is 4.52. The molecular formula is C22H17IN2O4S2. The summed E-state index contributed by atoms with van der Waals surface area (Å²) in [5.41, 5.74) is 0.992. The highest BCUT2D eigenvalue weighted by atomic mass is 127. The predicted molar refractivity (Wildman–Crippen MR) is 130 cm³/mol. The van der Waals surface area contributed by atoms with Gasteiger partial charge in [0.1, 0.15) is 0 Å². The number of carbonyl (C=O) groups excluding carboxylic acids is 2. The quantitative estimate of drug-likeness (QED) is 0.352. The number of halogens is 1. The van der Waals surface area contributed by atoms with Gasteiger partial charge in [-0.2, -0.15) is 0 Å². The number of nitrogens with one attached hydrogen (secondary N) is 1. The second-order valence-corrected chi connectivity index (χ2v) is 11.0. The van der Waals surface area contributed by atoms with Crippen molar-refractivity contribution in [3.63, 3.8) is 0 Å². The van der Waals surface area contributed by atoms with Crippen molar-refractivity contribution in [3.8, 4) is 0 Å². The van der Waals surface area contributed by atoms with Crippen molar-refractivity contribution in [1.29, 1.82) is 0 Å². The zero-order valence-electron chi connectivity index (χ0n) is 16.1. The number of thioether (sulfide) groups is 1. The van der Waals surface area contributed by atoms with E-state index in [9.17, 15) is 18.0 Å². The van der Waals surface area contributed by atoms with Crippen LogP contribution in [0, 0.1) is 3.57 Å². The Morgan fingerprint density at radius 2 is 1.55 bits per heavy atom. The lowest BCUT2D eigenvalue weighted by Crippen LogP contribution is -2.31. The van der Waals surface area contributed by atoms with Crippen molar-refractivity contribution in [3.05, 3.63) is 82.4 Å². The SMILES string of the molecule is O=C1CC(Sc2ccc(NS(=O)(=O)c3ccccc3)cc2)C(=O)N1c1ccc(I)cc1. The number of anilines is 2. The van der Waals surface area contributed by atoms with Crippen LogP contribution < -0.4 is 9.62 Å². The van der Waals surface area contributed by atoms with Gasteiger partial charge in [0, 0.05) is 20.6 Å². The Morgan fingerprint density at radius 3 is 2.19 bits per heavy atom. The third-order valence-electron chi connectivity index (χ3n) is 4.63. The molecule has 0 saturated carbocycles. The lowest BCUT2D eigenvalue weighted by Gasteiger charge is -2.15. The molecule has 3 aromatic carbocycles. The van der Waals surface area contributed by atoms with E-state index < -0.39 is 15.3 Å². The Hall–Kier alpha value is -2.37. The van der Waals surface area contributed by atoms with Gasteiger partial charge in [0.05, 0.1) is 15.8 Å². The first kappa shape index (κ1) is 21.8. The zero-order valence-corrected chi connectivity index (χ0v) is 19.9. The summed E-state index contributed by atoms with van der Waals surface area (Å²) in [5.74, 6) is -0.471. The number of hydrogen-bond acceptors (Lipinski definition) is 5. The second-order valence-electron chi connectivity index (χ2n) is 6.80. The van der Waals surface area contributed by atoms with Gasteiger partial charge in [-0.1, -0.05) is 18.2 Å². The molecule has 0 bridgehead atoms. The average Bonchev–Trinajstić information content (AvgIpc) is 3.03. The van der Waals surface area contributed by atoms with E-state index in [-0.39, 0.29) is 23.1 Å². The van der Waals surface area contributed by atoms with Crippen LogP contribution in [0.5, 0.6) is 0 Å². The molecule has 0 aliphatic carbocycles. The number of carbonyl (C=O) groups is 2. The van der Waals surface area contributed by atoms with E-state index in [0.29, 0.717) is 11.4 Å². The van der Waals surface area contributed by atoms with Gasteiger partial charge in [-0.05, 0) is 83.3 Å². The van der Waals surface area contributed by atoms with Crippen LogP contribution >= 0.6 is 34.4 Å². The van der Waals surface area contributed by atoms with Crippen LogP contribution in [0.25, 0.3) is 0 Å². The van der Waals surface area contributed by atoms with E-state index in [1.54, 1.807) is 54.6 Å². The molecule has 4 rings (SSSR count). The van der Waals surface area contributed by atoms with Gasteiger partial charge in [0.25, 0.3) is 10.0 Å². The molecule has 1 unspecified atom stereocenters. The molecule has 3 aromatic rings. The standard InChI is InChI=1S/C22H17IN2O4S2/c23-15-6-10-17(11-7-15)25-21(26)14-20(22(25)27)30-18-12-8-16(9-13-18)24-31(28,29)19-4-2-1-3-5-19/h1-13,20,24H,14H2. The van der Waals surface area contributed by atoms with Crippen LogP contribution in [-0.2, 0) is 19.6 Å². The van der Waals surface area contributed by atoms with Gasteiger partial charge in [-0.25, -0.2) is 13.3 Å². The van der Waals surface area contributed by atoms with E-state index in [4.69, 9.17) is 0 Å². The number of sulfonamides is 1. The summed E-state index contributed by atoms with van der Waals surface area (Å²) < 4.78 is 28.4. The Kier molecular flexibility index (Phi) is 6.35. The van der Waals surface area contributed by atoms with Crippen molar-refractivity contribution in [2.75, 3.05) is 9.62 Å². The minimum absolute atomic E-state index is 0.123. The minimum Gasteiger partial charge on any atom is -0.280 e. The van der Waals surface area contributed by atoms with E-state index in [0.717, 1.165) is 8.47 Å². The Bertz CT molecular complexity index is 1210. The summed E-state index contributed by atoms with van der Waals surface area (Å²) in [6, 6.07) is 22.1. The normalized spacial score (nSPS) is 16.5. The fourth-order valence-electron chi connectivity index (χ4n) is 3.14. The van der Waals surface area contributed by atoms with Gasteiger partial charge in [-0.15, -0.1) is 11.8 Å². The van der Waals surface area contributed by atoms with Crippen molar-refractivity contribution in [2.45, 2.75) is 21.5 Å². The molecule has 9 heteroatoms. The average molecular weight is 564 g/mol. The molecule has 0 spiro atoms. The van der Waals surface area contributed by atoms with E-state index in [2.05, 4.69) is 27.3 Å². The molecule has 0 radical (unpaired) electrons. The molecule has 2 amide bonds. The maximum Gasteiger partial charge on any atom is 0.261 e. The highest BCUT2D eigenvalue weighted by molar-refractivity contribution is 14.1. The Balaban J connectivity index is 1.44.